The number of nitrogens with zero attached hydrogens (tertiary/aromatic N) is 1. The molecule has 23 heavy (non-hydrogen) atoms. The lowest BCUT2D eigenvalue weighted by molar-refractivity contribution is 0.299. The zero-order valence-corrected chi connectivity index (χ0v) is 14.4. The van der Waals surface area contributed by atoms with E-state index in [1.165, 1.54) is 35.7 Å². The molecular weight excluding hydrogens is 308 g/mol. The molecule has 1 aliphatic heterocycles. The van der Waals surface area contributed by atoms with Crippen LogP contribution in [-0.2, 0) is 6.54 Å². The molecule has 3 nitrogen and oxygen atoms in total. The van der Waals surface area contributed by atoms with E-state index < -0.39 is 0 Å². The third kappa shape index (κ3) is 2.93. The molecule has 0 aromatic heterocycles. The number of rotatable bonds is 3. The van der Waals surface area contributed by atoms with Gasteiger partial charge in [-0.1, -0.05) is 30.3 Å². The van der Waals surface area contributed by atoms with Crippen molar-refractivity contribution < 1.29 is 4.74 Å². The minimum atomic E-state index is 0. The maximum Gasteiger partial charge on any atom is 0.126 e. The zero-order valence-electron chi connectivity index (χ0n) is 13.6. The summed E-state index contributed by atoms with van der Waals surface area (Å²) in [6.07, 6.45) is 2.53. The Kier molecular flexibility index (Phi) is 4.81. The van der Waals surface area contributed by atoms with Crippen LogP contribution >= 0.6 is 12.4 Å². The van der Waals surface area contributed by atoms with Crippen LogP contribution in [0, 0.1) is 11.8 Å². The lowest BCUT2D eigenvalue weighted by Crippen LogP contribution is -2.30. The number of hydrogen-bond acceptors (Lipinski definition) is 3. The van der Waals surface area contributed by atoms with Gasteiger partial charge in [0.15, 0.2) is 0 Å². The molecule has 0 amide bonds. The van der Waals surface area contributed by atoms with E-state index in [2.05, 4.69) is 41.3 Å². The summed E-state index contributed by atoms with van der Waals surface area (Å²) >= 11 is 0. The van der Waals surface area contributed by atoms with Crippen molar-refractivity contribution >= 4 is 23.2 Å². The molecule has 124 valence electrons. The predicted molar refractivity (Wildman–Crippen MR) is 97.2 cm³/mol. The van der Waals surface area contributed by atoms with Crippen molar-refractivity contribution in [2.45, 2.75) is 25.4 Å². The SMILES string of the molecule is COc1ccc(CN2CC3CCC(N)C3C2)c2ccccc12.Cl. The van der Waals surface area contributed by atoms with Crippen molar-refractivity contribution in [3.05, 3.63) is 42.0 Å². The van der Waals surface area contributed by atoms with Crippen LogP contribution < -0.4 is 10.5 Å². The number of halogens is 1. The molecule has 0 spiro atoms. The Morgan fingerprint density at radius 2 is 1.87 bits per heavy atom. The van der Waals surface area contributed by atoms with Gasteiger partial charge in [0.2, 0.25) is 0 Å². The Bertz CT molecular complexity index is 690. The monoisotopic (exact) mass is 332 g/mol. The van der Waals surface area contributed by atoms with E-state index in [4.69, 9.17) is 10.5 Å². The fourth-order valence-electron chi connectivity index (χ4n) is 4.42. The Labute approximate surface area is 144 Å². The summed E-state index contributed by atoms with van der Waals surface area (Å²) < 4.78 is 5.50. The first-order valence-electron chi connectivity index (χ1n) is 8.29. The highest BCUT2D eigenvalue weighted by Crippen LogP contribution is 2.38. The van der Waals surface area contributed by atoms with E-state index in [-0.39, 0.29) is 12.4 Å². The Morgan fingerprint density at radius 1 is 1.09 bits per heavy atom. The molecule has 1 heterocycles. The van der Waals surface area contributed by atoms with Crippen LogP contribution in [0.5, 0.6) is 5.75 Å². The van der Waals surface area contributed by atoms with Crippen molar-refractivity contribution in [1.29, 1.82) is 0 Å². The molecule has 3 atom stereocenters. The minimum absolute atomic E-state index is 0. The lowest BCUT2D eigenvalue weighted by atomic mass is 9.98. The number of hydrogen-bond donors (Lipinski definition) is 1. The third-order valence-corrected chi connectivity index (χ3v) is 5.58. The van der Waals surface area contributed by atoms with Gasteiger partial charge in [0, 0.05) is 31.1 Å². The molecule has 1 saturated carbocycles. The van der Waals surface area contributed by atoms with Crippen LogP contribution in [0.4, 0.5) is 0 Å². The summed E-state index contributed by atoms with van der Waals surface area (Å²) in [5.41, 5.74) is 7.65. The average molecular weight is 333 g/mol. The Balaban J connectivity index is 0.00000156. The highest BCUT2D eigenvalue weighted by atomic mass is 35.5. The van der Waals surface area contributed by atoms with E-state index >= 15 is 0 Å². The van der Waals surface area contributed by atoms with Gasteiger partial charge in [0.25, 0.3) is 0 Å². The van der Waals surface area contributed by atoms with E-state index in [9.17, 15) is 0 Å². The van der Waals surface area contributed by atoms with Gasteiger partial charge in [-0.15, -0.1) is 12.4 Å². The molecule has 0 radical (unpaired) electrons. The van der Waals surface area contributed by atoms with Crippen molar-refractivity contribution in [1.82, 2.24) is 4.90 Å². The van der Waals surface area contributed by atoms with Crippen molar-refractivity contribution in [3.63, 3.8) is 0 Å². The van der Waals surface area contributed by atoms with Gasteiger partial charge in [-0.2, -0.15) is 0 Å². The fourth-order valence-corrected chi connectivity index (χ4v) is 4.42. The molecule has 4 rings (SSSR count). The van der Waals surface area contributed by atoms with Crippen LogP contribution in [0.2, 0.25) is 0 Å². The highest BCUT2D eigenvalue weighted by molar-refractivity contribution is 5.91. The summed E-state index contributed by atoms with van der Waals surface area (Å²) in [6.45, 7) is 3.38. The van der Waals surface area contributed by atoms with Crippen LogP contribution in [0.25, 0.3) is 10.8 Å². The number of nitrogens with two attached hydrogens (primary N) is 1. The first-order chi connectivity index (χ1) is 10.8. The van der Waals surface area contributed by atoms with Crippen LogP contribution in [0.1, 0.15) is 18.4 Å². The molecule has 3 unspecified atom stereocenters. The molecule has 2 fully saturated rings. The number of likely N-dealkylation sites (tertiary alicyclic amines) is 1. The average Bonchev–Trinajstić information content (AvgIpc) is 3.10. The fraction of sp³-hybridized carbons (Fsp3) is 0.474. The quantitative estimate of drug-likeness (QED) is 0.935. The van der Waals surface area contributed by atoms with Gasteiger partial charge in [-0.25, -0.2) is 0 Å². The minimum Gasteiger partial charge on any atom is -0.496 e. The second kappa shape index (κ2) is 6.68. The highest BCUT2D eigenvalue weighted by Gasteiger charge is 2.40. The van der Waals surface area contributed by atoms with Gasteiger partial charge in [0.05, 0.1) is 7.11 Å². The van der Waals surface area contributed by atoms with Gasteiger partial charge in [-0.05, 0) is 41.7 Å². The largest absolute Gasteiger partial charge is 0.496 e. The molecule has 2 aromatic carbocycles. The van der Waals surface area contributed by atoms with Crippen molar-refractivity contribution in [2.24, 2.45) is 17.6 Å². The first kappa shape index (κ1) is 16.6. The number of benzene rings is 2. The summed E-state index contributed by atoms with van der Waals surface area (Å²) in [5, 5.41) is 2.52. The predicted octanol–water partition coefficient (Wildman–Crippen LogP) is 3.44. The Morgan fingerprint density at radius 3 is 2.61 bits per heavy atom. The van der Waals surface area contributed by atoms with E-state index in [0.717, 1.165) is 24.8 Å². The topological polar surface area (TPSA) is 38.5 Å². The standard InChI is InChI=1S/C19H24N2O.ClH/c1-22-19-9-7-13(15-4-2-3-5-16(15)19)10-21-11-14-6-8-18(20)17(14)12-21;/h2-5,7,9,14,17-18H,6,8,10-12,20H2,1H3;1H. The smallest absolute Gasteiger partial charge is 0.126 e. The summed E-state index contributed by atoms with van der Waals surface area (Å²) in [6, 6.07) is 13.3. The maximum absolute atomic E-state index is 6.26. The van der Waals surface area contributed by atoms with Crippen molar-refractivity contribution in [2.75, 3.05) is 20.2 Å². The van der Waals surface area contributed by atoms with Crippen molar-refractivity contribution in [3.8, 4) is 5.75 Å². The second-order valence-electron chi connectivity index (χ2n) is 6.83. The second-order valence-corrected chi connectivity index (χ2v) is 6.83. The maximum atomic E-state index is 6.26. The van der Waals surface area contributed by atoms with E-state index in [0.29, 0.717) is 12.0 Å². The summed E-state index contributed by atoms with van der Waals surface area (Å²) in [5.74, 6) is 2.49. The molecular formula is C19H25ClN2O. The number of fused-ring (bicyclic) bond motifs is 2. The van der Waals surface area contributed by atoms with Crippen LogP contribution in [0.3, 0.4) is 0 Å². The lowest BCUT2D eigenvalue weighted by Gasteiger charge is -2.20. The van der Waals surface area contributed by atoms with Crippen LogP contribution in [0.15, 0.2) is 36.4 Å². The normalized spacial score (nSPS) is 27.0. The number of ether oxygens (including phenoxy) is 1. The molecule has 2 aromatic rings. The summed E-state index contributed by atoms with van der Waals surface area (Å²) in [7, 11) is 1.74. The Hall–Kier alpha value is -1.29. The molecule has 1 aliphatic carbocycles. The van der Waals surface area contributed by atoms with Gasteiger partial charge in [-0.3, -0.25) is 4.90 Å². The van der Waals surface area contributed by atoms with E-state index in [1.807, 2.05) is 0 Å². The van der Waals surface area contributed by atoms with Gasteiger partial charge >= 0.3 is 0 Å². The van der Waals surface area contributed by atoms with Gasteiger partial charge in [0.1, 0.15) is 5.75 Å². The third-order valence-electron chi connectivity index (χ3n) is 5.58. The molecule has 2 N–H and O–H groups in total. The molecule has 0 bridgehead atoms. The molecule has 4 heteroatoms. The molecule has 1 saturated heterocycles. The van der Waals surface area contributed by atoms with E-state index in [1.54, 1.807) is 7.11 Å². The summed E-state index contributed by atoms with van der Waals surface area (Å²) in [4.78, 5) is 2.59. The first-order valence-corrected chi connectivity index (χ1v) is 8.29. The van der Waals surface area contributed by atoms with Gasteiger partial charge < -0.3 is 10.5 Å². The zero-order chi connectivity index (χ0) is 15.1. The molecule has 2 aliphatic rings. The number of methoxy groups -OCH3 is 1. The van der Waals surface area contributed by atoms with Crippen LogP contribution in [-0.4, -0.2) is 31.1 Å².